The van der Waals surface area contributed by atoms with Crippen LogP contribution in [0.5, 0.6) is 11.5 Å². The Labute approximate surface area is 249 Å². The van der Waals surface area contributed by atoms with Crippen molar-refractivity contribution in [3.05, 3.63) is 90.1 Å². The second-order valence-electron chi connectivity index (χ2n) is 12.3. The predicted octanol–water partition coefficient (Wildman–Crippen LogP) is 7.69. The predicted molar refractivity (Wildman–Crippen MR) is 167 cm³/mol. The average molecular weight is 566 g/mol. The van der Waals surface area contributed by atoms with Gasteiger partial charge in [0.1, 0.15) is 5.82 Å². The van der Waals surface area contributed by atoms with Crippen LogP contribution in [0.2, 0.25) is 0 Å². The van der Waals surface area contributed by atoms with E-state index in [-0.39, 0.29) is 6.79 Å². The Hall–Kier alpha value is -3.61. The smallest absolute Gasteiger partial charge is 0.231 e. The highest BCUT2D eigenvalue weighted by Gasteiger charge is 2.30. The topological polar surface area (TPSA) is 59.8 Å². The van der Waals surface area contributed by atoms with Gasteiger partial charge >= 0.3 is 0 Å². The molecule has 0 bridgehead atoms. The maximum absolute atomic E-state index is 10.6. The van der Waals surface area contributed by atoms with E-state index in [1.807, 2.05) is 13.0 Å². The summed E-state index contributed by atoms with van der Waals surface area (Å²) in [6.45, 7) is 8.01. The van der Waals surface area contributed by atoms with Gasteiger partial charge in [0.25, 0.3) is 0 Å². The van der Waals surface area contributed by atoms with E-state index >= 15 is 0 Å². The zero-order valence-electron chi connectivity index (χ0n) is 25.0. The van der Waals surface area contributed by atoms with Crippen LogP contribution in [0, 0.1) is 5.92 Å². The quantitative estimate of drug-likeness (QED) is 0.202. The molecule has 3 aromatic carbocycles. The first kappa shape index (κ1) is 28.5. The molecule has 0 spiro atoms. The fraction of sp³-hybridized carbons (Fsp3) is 0.417. The molecule has 1 N–H and O–H groups in total. The van der Waals surface area contributed by atoms with Gasteiger partial charge in [-0.2, -0.15) is 0 Å². The normalized spacial score (nSPS) is 19.9. The van der Waals surface area contributed by atoms with Gasteiger partial charge in [0.15, 0.2) is 11.5 Å². The third kappa shape index (κ3) is 6.55. The van der Waals surface area contributed by atoms with E-state index in [0.29, 0.717) is 5.92 Å². The summed E-state index contributed by atoms with van der Waals surface area (Å²) >= 11 is 0. The molecule has 6 rings (SSSR count). The number of rotatable bonds is 11. The standard InChI is InChI=1S/C36H43N3O3/c1-3-4-21-39-31(34(29-11-7-5-8-12-29)37-35(39)30-13-9-6-10-14-30)25-38(23-27-17-19-36(2,40)20-18-27)24-28-15-16-32-33(22-28)42-26-41-32/h5-16,22,27,40H,3-4,17-21,23-26H2,1-2H3. The largest absolute Gasteiger partial charge is 0.454 e. The van der Waals surface area contributed by atoms with Gasteiger partial charge in [-0.3, -0.25) is 4.90 Å². The van der Waals surface area contributed by atoms with Crippen LogP contribution in [0.3, 0.4) is 0 Å². The van der Waals surface area contributed by atoms with Gasteiger partial charge in [0.2, 0.25) is 6.79 Å². The fourth-order valence-corrected chi connectivity index (χ4v) is 6.38. The minimum Gasteiger partial charge on any atom is -0.454 e. The molecule has 0 radical (unpaired) electrons. The molecule has 1 aliphatic heterocycles. The molecule has 1 aliphatic carbocycles. The lowest BCUT2D eigenvalue weighted by Gasteiger charge is -2.36. The molecule has 1 fully saturated rings. The molecule has 0 unspecified atom stereocenters. The van der Waals surface area contributed by atoms with E-state index in [2.05, 4.69) is 89.2 Å². The van der Waals surface area contributed by atoms with Crippen molar-refractivity contribution in [2.24, 2.45) is 5.92 Å². The van der Waals surface area contributed by atoms with Crippen LogP contribution >= 0.6 is 0 Å². The van der Waals surface area contributed by atoms with Gasteiger partial charge in [-0.15, -0.1) is 0 Å². The summed E-state index contributed by atoms with van der Waals surface area (Å²) in [5.74, 6) is 3.22. The lowest BCUT2D eigenvalue weighted by atomic mass is 9.79. The summed E-state index contributed by atoms with van der Waals surface area (Å²) in [6.07, 6.45) is 6.02. The van der Waals surface area contributed by atoms with Crippen molar-refractivity contribution in [3.8, 4) is 34.1 Å². The van der Waals surface area contributed by atoms with E-state index < -0.39 is 5.60 Å². The first-order chi connectivity index (χ1) is 20.5. The molecule has 0 amide bonds. The zero-order chi connectivity index (χ0) is 28.9. The number of benzene rings is 3. The van der Waals surface area contributed by atoms with Gasteiger partial charge in [-0.1, -0.05) is 80.1 Å². The summed E-state index contributed by atoms with van der Waals surface area (Å²) in [6, 6.07) is 27.5. The number of aromatic nitrogens is 2. The summed E-state index contributed by atoms with van der Waals surface area (Å²) in [5, 5.41) is 10.6. The molecule has 6 nitrogen and oxygen atoms in total. The molecule has 2 heterocycles. The Balaban J connectivity index is 1.39. The van der Waals surface area contributed by atoms with E-state index in [9.17, 15) is 5.11 Å². The highest BCUT2D eigenvalue weighted by atomic mass is 16.7. The number of hydrogen-bond acceptors (Lipinski definition) is 5. The number of ether oxygens (including phenoxy) is 2. The first-order valence-electron chi connectivity index (χ1n) is 15.5. The average Bonchev–Trinajstić information content (AvgIpc) is 3.62. The van der Waals surface area contributed by atoms with Crippen LogP contribution in [-0.4, -0.2) is 38.5 Å². The van der Waals surface area contributed by atoms with E-state index in [0.717, 1.165) is 98.8 Å². The van der Waals surface area contributed by atoms with E-state index in [4.69, 9.17) is 14.5 Å². The van der Waals surface area contributed by atoms with Crippen LogP contribution in [0.1, 0.15) is 63.6 Å². The van der Waals surface area contributed by atoms with Crippen LogP contribution in [0.25, 0.3) is 22.6 Å². The van der Waals surface area contributed by atoms with Crippen molar-refractivity contribution in [2.45, 2.75) is 77.6 Å². The Kier molecular flexibility index (Phi) is 8.63. The maximum Gasteiger partial charge on any atom is 0.231 e. The highest BCUT2D eigenvalue weighted by Crippen LogP contribution is 2.36. The van der Waals surface area contributed by atoms with Crippen LogP contribution in [0.15, 0.2) is 78.9 Å². The van der Waals surface area contributed by atoms with Crippen molar-refractivity contribution in [3.63, 3.8) is 0 Å². The highest BCUT2D eigenvalue weighted by molar-refractivity contribution is 5.68. The van der Waals surface area contributed by atoms with Crippen molar-refractivity contribution in [1.82, 2.24) is 14.5 Å². The fourth-order valence-electron chi connectivity index (χ4n) is 6.38. The third-order valence-electron chi connectivity index (χ3n) is 8.80. The number of fused-ring (bicyclic) bond motifs is 1. The monoisotopic (exact) mass is 565 g/mol. The number of imidazole rings is 1. The summed E-state index contributed by atoms with van der Waals surface area (Å²) in [7, 11) is 0. The van der Waals surface area contributed by atoms with Gasteiger partial charge in [0, 0.05) is 37.3 Å². The minimum atomic E-state index is -0.539. The second kappa shape index (κ2) is 12.7. The lowest BCUT2D eigenvalue weighted by Crippen LogP contribution is -2.36. The molecule has 4 aromatic rings. The number of aliphatic hydroxyl groups is 1. The molecule has 2 aliphatic rings. The van der Waals surface area contributed by atoms with E-state index in [1.165, 1.54) is 11.3 Å². The minimum absolute atomic E-state index is 0.282. The lowest BCUT2D eigenvalue weighted by molar-refractivity contribution is 0.00186. The molecular formula is C36H43N3O3. The van der Waals surface area contributed by atoms with Crippen LogP contribution < -0.4 is 9.47 Å². The molecule has 0 saturated heterocycles. The molecule has 6 heteroatoms. The van der Waals surface area contributed by atoms with Crippen LogP contribution in [-0.2, 0) is 19.6 Å². The molecular weight excluding hydrogens is 522 g/mol. The summed E-state index contributed by atoms with van der Waals surface area (Å²) < 4.78 is 13.8. The third-order valence-corrected chi connectivity index (χ3v) is 8.80. The van der Waals surface area contributed by atoms with Crippen LogP contribution in [0.4, 0.5) is 0 Å². The van der Waals surface area contributed by atoms with Gasteiger partial charge in [-0.25, -0.2) is 4.98 Å². The van der Waals surface area contributed by atoms with Crippen molar-refractivity contribution >= 4 is 0 Å². The Morgan fingerprint density at radius 1 is 0.905 bits per heavy atom. The number of unbranched alkanes of at least 4 members (excludes halogenated alkanes) is 1. The molecule has 1 aromatic heterocycles. The van der Waals surface area contributed by atoms with Crippen molar-refractivity contribution in [2.75, 3.05) is 13.3 Å². The SMILES string of the molecule is CCCCn1c(-c2ccccc2)nc(-c2ccccc2)c1CN(Cc1ccc2c(c1)OCO2)CC1CCC(C)(O)CC1. The Morgan fingerprint density at radius 3 is 2.31 bits per heavy atom. The second-order valence-corrected chi connectivity index (χ2v) is 12.3. The number of hydrogen-bond donors (Lipinski definition) is 1. The first-order valence-corrected chi connectivity index (χ1v) is 15.5. The van der Waals surface area contributed by atoms with E-state index in [1.54, 1.807) is 0 Å². The Morgan fingerprint density at radius 2 is 1.60 bits per heavy atom. The molecule has 220 valence electrons. The van der Waals surface area contributed by atoms with Crippen molar-refractivity contribution in [1.29, 1.82) is 0 Å². The summed E-state index contributed by atoms with van der Waals surface area (Å²) in [5.41, 5.74) is 5.30. The molecule has 42 heavy (non-hydrogen) atoms. The number of nitrogens with zero attached hydrogens (tertiary/aromatic N) is 3. The van der Waals surface area contributed by atoms with Gasteiger partial charge in [0.05, 0.1) is 17.0 Å². The van der Waals surface area contributed by atoms with Gasteiger partial charge in [-0.05, 0) is 62.6 Å². The van der Waals surface area contributed by atoms with Crippen molar-refractivity contribution < 1.29 is 14.6 Å². The molecule has 1 saturated carbocycles. The zero-order valence-corrected chi connectivity index (χ0v) is 25.0. The summed E-state index contributed by atoms with van der Waals surface area (Å²) in [4.78, 5) is 7.93. The Bertz CT molecular complexity index is 1460. The molecule has 0 atom stereocenters. The maximum atomic E-state index is 10.6. The van der Waals surface area contributed by atoms with Gasteiger partial charge < -0.3 is 19.1 Å².